The standard InChI is InChI=1S/C20H38N2O2.C20H26N2O2.C19H36N2O2/c2*1-22(2,24)15-9-14-21-20(23)16-19(17-10-5-3-6-11-17)18-12-7-4-8-13-18;1-21(2,23)15-9-14-20-18(22)16-19(17-10-5-6-11-17)12-7-3-4-8-13-19/h17-19H,3-16H2,1-2H3,(H,21,23);3-8,10-13,19H,9,14-16H2,1-2H3,(H,21,23);17H,3-16H2,1-2H3,(H,20,22). The largest absolute Gasteiger partial charge is 0.633 e. The zero-order valence-corrected chi connectivity index (χ0v) is 45.6. The van der Waals surface area contributed by atoms with Gasteiger partial charge >= 0.3 is 0 Å². The topological polar surface area (TPSA) is 156 Å². The summed E-state index contributed by atoms with van der Waals surface area (Å²) in [4.78, 5) is 37.3. The van der Waals surface area contributed by atoms with Crippen LogP contribution in [0.1, 0.15) is 184 Å². The molecule has 4 aliphatic rings. The number of amides is 3. The predicted molar refractivity (Wildman–Crippen MR) is 291 cm³/mol. The van der Waals surface area contributed by atoms with E-state index in [2.05, 4.69) is 40.2 Å². The van der Waals surface area contributed by atoms with E-state index in [-0.39, 0.29) is 43.0 Å². The van der Waals surface area contributed by atoms with Crippen LogP contribution < -0.4 is 16.0 Å². The van der Waals surface area contributed by atoms with E-state index in [1.807, 2.05) is 36.4 Å². The zero-order chi connectivity index (χ0) is 51.6. The van der Waals surface area contributed by atoms with E-state index in [4.69, 9.17) is 0 Å². The maximum Gasteiger partial charge on any atom is 0.220 e. The number of hydrogen-bond donors (Lipinski definition) is 3. The molecule has 12 heteroatoms. The highest BCUT2D eigenvalue weighted by atomic mass is 16.5. The van der Waals surface area contributed by atoms with Crippen molar-refractivity contribution in [2.75, 3.05) is 81.6 Å². The van der Waals surface area contributed by atoms with Crippen LogP contribution in [0, 0.1) is 44.7 Å². The highest BCUT2D eigenvalue weighted by Crippen LogP contribution is 2.50. The van der Waals surface area contributed by atoms with Gasteiger partial charge in [-0.05, 0) is 65.9 Å². The summed E-state index contributed by atoms with van der Waals surface area (Å²) in [6.45, 7) is 3.46. The van der Waals surface area contributed by atoms with Gasteiger partial charge in [0.05, 0.1) is 61.9 Å². The van der Waals surface area contributed by atoms with Gasteiger partial charge in [0.25, 0.3) is 0 Å². The molecule has 3 N–H and O–H groups in total. The Kier molecular flexibility index (Phi) is 26.6. The van der Waals surface area contributed by atoms with E-state index in [9.17, 15) is 30.0 Å². The number of carbonyl (C=O) groups is 3. The normalized spacial score (nSPS) is 18.4. The van der Waals surface area contributed by atoms with E-state index >= 15 is 0 Å². The molecule has 0 atom stereocenters. The van der Waals surface area contributed by atoms with Crippen molar-refractivity contribution in [3.8, 4) is 0 Å². The van der Waals surface area contributed by atoms with Gasteiger partial charge in [-0.1, -0.05) is 163 Å². The van der Waals surface area contributed by atoms with Crippen molar-refractivity contribution in [2.24, 2.45) is 29.1 Å². The number of nitrogens with zero attached hydrogens (tertiary/aromatic N) is 3. The molecule has 71 heavy (non-hydrogen) atoms. The maximum atomic E-state index is 12.5. The Bertz CT molecular complexity index is 1690. The van der Waals surface area contributed by atoms with Crippen molar-refractivity contribution in [2.45, 2.75) is 173 Å². The minimum absolute atomic E-state index is 0.0175. The molecule has 0 saturated heterocycles. The van der Waals surface area contributed by atoms with E-state index in [0.29, 0.717) is 70.9 Å². The highest BCUT2D eigenvalue weighted by Gasteiger charge is 2.41. The maximum absolute atomic E-state index is 12.5. The summed E-state index contributed by atoms with van der Waals surface area (Å²) in [5.74, 6) is 3.39. The van der Waals surface area contributed by atoms with Gasteiger partial charge < -0.3 is 45.5 Å². The number of nitrogens with one attached hydrogen (secondary N) is 3. The van der Waals surface area contributed by atoms with Crippen LogP contribution in [0.15, 0.2) is 60.7 Å². The molecule has 0 heterocycles. The van der Waals surface area contributed by atoms with E-state index < -0.39 is 0 Å². The van der Waals surface area contributed by atoms with Crippen molar-refractivity contribution in [1.29, 1.82) is 0 Å². The summed E-state index contributed by atoms with van der Waals surface area (Å²) in [5.41, 5.74) is 2.54. The van der Waals surface area contributed by atoms with Crippen LogP contribution in [-0.4, -0.2) is 113 Å². The van der Waals surface area contributed by atoms with Gasteiger partial charge in [0, 0.05) is 64.1 Å². The van der Waals surface area contributed by atoms with Crippen LogP contribution in [0.25, 0.3) is 0 Å². The molecule has 0 radical (unpaired) electrons. The molecule has 4 saturated carbocycles. The lowest BCUT2D eigenvalue weighted by Gasteiger charge is -2.38. The molecule has 402 valence electrons. The molecule has 0 bridgehead atoms. The Hall–Kier alpha value is -3.39. The molecule has 2 aromatic rings. The molecule has 6 rings (SSSR count). The van der Waals surface area contributed by atoms with Crippen molar-refractivity contribution < 1.29 is 28.3 Å². The first-order valence-electron chi connectivity index (χ1n) is 28.3. The van der Waals surface area contributed by atoms with Gasteiger partial charge in [0.1, 0.15) is 0 Å². The van der Waals surface area contributed by atoms with Crippen LogP contribution in [0.3, 0.4) is 0 Å². The molecule has 0 unspecified atom stereocenters. The first kappa shape index (κ1) is 60.2. The molecule has 4 aliphatic carbocycles. The molecule has 0 spiro atoms. The number of hydroxylamine groups is 9. The van der Waals surface area contributed by atoms with Crippen molar-refractivity contribution in [1.82, 2.24) is 16.0 Å². The summed E-state index contributed by atoms with van der Waals surface area (Å²) in [5, 5.41) is 43.7. The van der Waals surface area contributed by atoms with Gasteiger partial charge in [-0.3, -0.25) is 14.4 Å². The fourth-order valence-electron chi connectivity index (χ4n) is 12.3. The van der Waals surface area contributed by atoms with E-state index in [1.165, 1.54) is 128 Å². The van der Waals surface area contributed by atoms with Gasteiger partial charge in [-0.15, -0.1) is 0 Å². The van der Waals surface area contributed by atoms with Gasteiger partial charge in [-0.25, -0.2) is 0 Å². The highest BCUT2D eigenvalue weighted by molar-refractivity contribution is 5.78. The zero-order valence-electron chi connectivity index (χ0n) is 45.6. The fraction of sp³-hybridized carbons (Fsp3) is 0.746. The number of quaternary nitrogens is 3. The lowest BCUT2D eigenvalue weighted by Crippen LogP contribution is -2.38. The quantitative estimate of drug-likeness (QED) is 0.0435. The average molecular weight is 989 g/mol. The molecular weight excluding hydrogens is 889 g/mol. The summed E-state index contributed by atoms with van der Waals surface area (Å²) < 4.78 is -0.878. The molecular formula is C59H100N6O6. The third kappa shape index (κ3) is 24.9. The molecule has 2 aromatic carbocycles. The lowest BCUT2D eigenvalue weighted by atomic mass is 9.67. The number of carbonyl (C=O) groups excluding carboxylic acids is 3. The number of rotatable bonds is 23. The fourth-order valence-corrected chi connectivity index (χ4v) is 12.3. The second-order valence-corrected chi connectivity index (χ2v) is 23.7. The summed E-state index contributed by atoms with van der Waals surface area (Å²) in [6, 6.07) is 20.2. The van der Waals surface area contributed by atoms with Crippen LogP contribution >= 0.6 is 0 Å². The smallest absolute Gasteiger partial charge is 0.220 e. The summed E-state index contributed by atoms with van der Waals surface area (Å²) >= 11 is 0. The van der Waals surface area contributed by atoms with Gasteiger partial charge in [-0.2, -0.15) is 0 Å². The number of hydrogen-bond acceptors (Lipinski definition) is 6. The third-order valence-corrected chi connectivity index (χ3v) is 16.1. The Morgan fingerprint density at radius 3 is 1.24 bits per heavy atom. The number of benzene rings is 2. The first-order chi connectivity index (χ1) is 33.8. The second-order valence-electron chi connectivity index (χ2n) is 23.7. The monoisotopic (exact) mass is 989 g/mol. The van der Waals surface area contributed by atoms with Gasteiger partial charge in [0.2, 0.25) is 17.7 Å². The Morgan fingerprint density at radius 2 is 0.845 bits per heavy atom. The van der Waals surface area contributed by atoms with Crippen LogP contribution in [0.5, 0.6) is 0 Å². The SMILES string of the molecule is C[N+](C)([O-])CCCNC(=O)CC(C1CCCCC1)C1CCCCC1.C[N+](C)([O-])CCCNC(=O)CC(c1ccccc1)c1ccccc1.C[N+](C)([O-])CCCNC(=O)CC1(C2CCCC2)CCCCCC1. The minimum atomic E-state index is -0.327. The Labute approximate surface area is 431 Å². The summed E-state index contributed by atoms with van der Waals surface area (Å²) in [7, 11) is 9.85. The second kappa shape index (κ2) is 31.4. The van der Waals surface area contributed by atoms with Crippen LogP contribution in [-0.2, 0) is 14.4 Å². The van der Waals surface area contributed by atoms with Crippen LogP contribution in [0.2, 0.25) is 0 Å². The van der Waals surface area contributed by atoms with Crippen LogP contribution in [0.4, 0.5) is 0 Å². The Balaban J connectivity index is 0.000000231. The van der Waals surface area contributed by atoms with E-state index in [0.717, 1.165) is 41.7 Å². The molecule has 0 aliphatic heterocycles. The van der Waals surface area contributed by atoms with Gasteiger partial charge in [0.15, 0.2) is 0 Å². The molecule has 0 aromatic heterocycles. The third-order valence-electron chi connectivity index (χ3n) is 16.1. The summed E-state index contributed by atoms with van der Waals surface area (Å²) in [6.07, 6.45) is 30.7. The minimum Gasteiger partial charge on any atom is -0.633 e. The molecule has 12 nitrogen and oxygen atoms in total. The first-order valence-corrected chi connectivity index (χ1v) is 28.3. The van der Waals surface area contributed by atoms with E-state index in [1.54, 1.807) is 42.3 Å². The predicted octanol–water partition coefficient (Wildman–Crippen LogP) is 11.5. The van der Waals surface area contributed by atoms with Crippen molar-refractivity contribution in [3.05, 3.63) is 87.4 Å². The van der Waals surface area contributed by atoms with Crippen molar-refractivity contribution >= 4 is 17.7 Å². The molecule has 3 amide bonds. The molecule has 4 fully saturated rings. The lowest BCUT2D eigenvalue weighted by molar-refractivity contribution is -0.840. The Morgan fingerprint density at radius 1 is 0.493 bits per heavy atom. The van der Waals surface area contributed by atoms with Crippen molar-refractivity contribution in [3.63, 3.8) is 0 Å². The average Bonchev–Trinajstić information content (AvgIpc) is 3.80.